The molecule has 0 heterocycles. The second-order valence-corrected chi connectivity index (χ2v) is 2.97. The molecular formula is C10H12O2. The Bertz CT molecular complexity index is 252. The summed E-state index contributed by atoms with van der Waals surface area (Å²) in [5.41, 5.74) is 2.66. The van der Waals surface area contributed by atoms with Crippen LogP contribution in [0.2, 0.25) is 0 Å². The average molecular weight is 164 g/mol. The molecule has 2 heteroatoms. The van der Waals surface area contributed by atoms with Crippen LogP contribution in [-0.2, 0) is 4.79 Å². The van der Waals surface area contributed by atoms with Gasteiger partial charge in [-0.05, 0) is 25.3 Å². The van der Waals surface area contributed by atoms with E-state index in [1.165, 1.54) is 0 Å². The van der Waals surface area contributed by atoms with Crippen molar-refractivity contribution in [2.75, 3.05) is 0 Å². The first-order valence-corrected chi connectivity index (χ1v) is 3.90. The summed E-state index contributed by atoms with van der Waals surface area (Å²) in [5, 5.41) is 8.64. The maximum atomic E-state index is 10.5. The van der Waals surface area contributed by atoms with E-state index >= 15 is 0 Å². The van der Waals surface area contributed by atoms with Crippen molar-refractivity contribution in [3.05, 3.63) is 35.5 Å². The molecule has 12 heavy (non-hydrogen) atoms. The molecule has 0 fully saturated rings. The maximum absolute atomic E-state index is 10.5. The van der Waals surface area contributed by atoms with Crippen LogP contribution in [0.5, 0.6) is 0 Å². The predicted octanol–water partition coefficient (Wildman–Crippen LogP) is 2.29. The predicted molar refractivity (Wildman–Crippen MR) is 47.8 cm³/mol. The fourth-order valence-electron chi connectivity index (χ4n) is 1.17. The highest BCUT2D eigenvalue weighted by Crippen LogP contribution is 2.22. The maximum Gasteiger partial charge on any atom is 0.331 e. The SMILES string of the molecule is C=C(C)C1=CC=C(C(=O)O)CC1. The number of aliphatic carboxylic acids is 1. The summed E-state index contributed by atoms with van der Waals surface area (Å²) in [7, 11) is 0. The normalized spacial score (nSPS) is 16.4. The lowest BCUT2D eigenvalue weighted by Crippen LogP contribution is -2.04. The van der Waals surface area contributed by atoms with Crippen molar-refractivity contribution < 1.29 is 9.90 Å². The second kappa shape index (κ2) is 3.39. The van der Waals surface area contributed by atoms with Crippen molar-refractivity contribution in [2.24, 2.45) is 0 Å². The van der Waals surface area contributed by atoms with E-state index in [1.807, 2.05) is 13.0 Å². The summed E-state index contributed by atoms with van der Waals surface area (Å²) in [4.78, 5) is 10.5. The van der Waals surface area contributed by atoms with Gasteiger partial charge in [0.15, 0.2) is 0 Å². The molecule has 0 atom stereocenters. The molecular weight excluding hydrogens is 152 g/mol. The molecule has 64 valence electrons. The van der Waals surface area contributed by atoms with Gasteiger partial charge in [-0.2, -0.15) is 0 Å². The van der Waals surface area contributed by atoms with Crippen LogP contribution in [0.15, 0.2) is 35.5 Å². The summed E-state index contributed by atoms with van der Waals surface area (Å²) in [6.45, 7) is 5.74. The summed E-state index contributed by atoms with van der Waals surface area (Å²) < 4.78 is 0. The van der Waals surface area contributed by atoms with Crippen LogP contribution in [-0.4, -0.2) is 11.1 Å². The monoisotopic (exact) mass is 164 g/mol. The highest BCUT2D eigenvalue weighted by Gasteiger charge is 2.11. The molecule has 1 aliphatic carbocycles. The van der Waals surface area contributed by atoms with Gasteiger partial charge in [0.2, 0.25) is 0 Å². The molecule has 0 spiro atoms. The molecule has 0 aromatic carbocycles. The van der Waals surface area contributed by atoms with Crippen LogP contribution in [0.25, 0.3) is 0 Å². The Morgan fingerprint density at radius 2 is 1.92 bits per heavy atom. The number of hydrogen-bond donors (Lipinski definition) is 1. The number of allylic oxidation sites excluding steroid dienone is 4. The molecule has 0 aromatic rings. The van der Waals surface area contributed by atoms with Crippen LogP contribution in [0.4, 0.5) is 0 Å². The minimum atomic E-state index is -0.813. The zero-order valence-corrected chi connectivity index (χ0v) is 7.13. The first-order chi connectivity index (χ1) is 5.61. The van der Waals surface area contributed by atoms with Crippen LogP contribution >= 0.6 is 0 Å². The van der Waals surface area contributed by atoms with Gasteiger partial charge in [-0.3, -0.25) is 0 Å². The Hall–Kier alpha value is -1.31. The lowest BCUT2D eigenvalue weighted by molar-refractivity contribution is -0.132. The highest BCUT2D eigenvalue weighted by atomic mass is 16.4. The zero-order chi connectivity index (χ0) is 9.14. The van der Waals surface area contributed by atoms with Crippen molar-refractivity contribution in [2.45, 2.75) is 19.8 Å². The smallest absolute Gasteiger partial charge is 0.331 e. The van der Waals surface area contributed by atoms with Crippen molar-refractivity contribution in [1.82, 2.24) is 0 Å². The number of rotatable bonds is 2. The molecule has 0 aromatic heterocycles. The molecule has 0 radical (unpaired) electrons. The van der Waals surface area contributed by atoms with Gasteiger partial charge in [-0.15, -0.1) is 0 Å². The van der Waals surface area contributed by atoms with E-state index in [9.17, 15) is 4.79 Å². The van der Waals surface area contributed by atoms with E-state index in [-0.39, 0.29) is 0 Å². The molecule has 2 nitrogen and oxygen atoms in total. The van der Waals surface area contributed by atoms with E-state index in [0.29, 0.717) is 12.0 Å². The third kappa shape index (κ3) is 1.84. The Morgan fingerprint density at radius 3 is 2.25 bits per heavy atom. The Morgan fingerprint density at radius 1 is 1.42 bits per heavy atom. The van der Waals surface area contributed by atoms with Crippen LogP contribution in [0.1, 0.15) is 19.8 Å². The first-order valence-electron chi connectivity index (χ1n) is 3.90. The summed E-state index contributed by atoms with van der Waals surface area (Å²) in [6, 6.07) is 0. The lowest BCUT2D eigenvalue weighted by atomic mass is 9.95. The van der Waals surface area contributed by atoms with Crippen molar-refractivity contribution in [1.29, 1.82) is 0 Å². The summed E-state index contributed by atoms with van der Waals surface area (Å²) in [6.07, 6.45) is 4.92. The van der Waals surface area contributed by atoms with Crippen LogP contribution in [0, 0.1) is 0 Å². The minimum absolute atomic E-state index is 0.486. The third-order valence-corrected chi connectivity index (χ3v) is 1.97. The van der Waals surface area contributed by atoms with Crippen LogP contribution in [0.3, 0.4) is 0 Å². The molecule has 0 unspecified atom stereocenters. The van der Waals surface area contributed by atoms with Crippen molar-refractivity contribution in [3.63, 3.8) is 0 Å². The van der Waals surface area contributed by atoms with Crippen molar-refractivity contribution in [3.8, 4) is 0 Å². The van der Waals surface area contributed by atoms with E-state index in [0.717, 1.165) is 17.6 Å². The van der Waals surface area contributed by atoms with Gasteiger partial charge in [0.25, 0.3) is 0 Å². The quantitative estimate of drug-likeness (QED) is 0.679. The van der Waals surface area contributed by atoms with E-state index < -0.39 is 5.97 Å². The summed E-state index contributed by atoms with van der Waals surface area (Å²) >= 11 is 0. The average Bonchev–Trinajstić information content (AvgIpc) is 2.04. The fourth-order valence-corrected chi connectivity index (χ4v) is 1.17. The standard InChI is InChI=1S/C10H12O2/c1-7(2)8-3-5-9(6-4-8)10(11)12/h3,5H,1,4,6H2,2H3,(H,11,12). The summed E-state index contributed by atoms with van der Waals surface area (Å²) in [5.74, 6) is -0.813. The molecule has 0 aliphatic heterocycles. The Balaban J connectivity index is 2.80. The van der Waals surface area contributed by atoms with Crippen molar-refractivity contribution >= 4 is 5.97 Å². The van der Waals surface area contributed by atoms with Gasteiger partial charge >= 0.3 is 5.97 Å². The molecule has 0 saturated carbocycles. The molecule has 0 saturated heterocycles. The zero-order valence-electron chi connectivity index (χ0n) is 7.13. The number of hydrogen-bond acceptors (Lipinski definition) is 1. The Kier molecular flexibility index (Phi) is 2.48. The third-order valence-electron chi connectivity index (χ3n) is 1.97. The minimum Gasteiger partial charge on any atom is -0.478 e. The second-order valence-electron chi connectivity index (χ2n) is 2.97. The molecule has 1 rings (SSSR count). The molecule has 0 bridgehead atoms. The lowest BCUT2D eigenvalue weighted by Gasteiger charge is -2.11. The molecule has 0 amide bonds. The van der Waals surface area contributed by atoms with Gasteiger partial charge in [0.05, 0.1) is 0 Å². The number of carboxylic acids is 1. The molecule has 1 N–H and O–H groups in total. The Labute approximate surface area is 71.9 Å². The van der Waals surface area contributed by atoms with E-state index in [4.69, 9.17) is 5.11 Å². The first kappa shape index (κ1) is 8.78. The fraction of sp³-hybridized carbons (Fsp3) is 0.300. The van der Waals surface area contributed by atoms with Gasteiger partial charge in [-0.25, -0.2) is 4.79 Å². The highest BCUT2D eigenvalue weighted by molar-refractivity contribution is 5.87. The number of carbonyl (C=O) groups is 1. The largest absolute Gasteiger partial charge is 0.478 e. The van der Waals surface area contributed by atoms with Crippen LogP contribution < -0.4 is 0 Å². The number of carboxylic acid groups (broad SMARTS) is 1. The van der Waals surface area contributed by atoms with E-state index in [1.54, 1.807) is 6.08 Å². The van der Waals surface area contributed by atoms with Gasteiger partial charge in [0.1, 0.15) is 0 Å². The van der Waals surface area contributed by atoms with Gasteiger partial charge in [0, 0.05) is 5.57 Å². The molecule has 1 aliphatic rings. The topological polar surface area (TPSA) is 37.3 Å². The van der Waals surface area contributed by atoms with Gasteiger partial charge in [-0.1, -0.05) is 24.3 Å². The van der Waals surface area contributed by atoms with Gasteiger partial charge < -0.3 is 5.11 Å². The van der Waals surface area contributed by atoms with E-state index in [2.05, 4.69) is 6.58 Å².